The van der Waals surface area contributed by atoms with Gasteiger partial charge in [0.1, 0.15) is 5.75 Å². The van der Waals surface area contributed by atoms with E-state index >= 15 is 0 Å². The molecule has 5 nitrogen and oxygen atoms in total. The first-order chi connectivity index (χ1) is 12.5. The lowest BCUT2D eigenvalue weighted by atomic mass is 10.2. The lowest BCUT2D eigenvalue weighted by Gasteiger charge is -2.14. The fourth-order valence-corrected chi connectivity index (χ4v) is 2.62. The number of halogens is 1. The van der Waals surface area contributed by atoms with Crippen LogP contribution in [0.1, 0.15) is 13.8 Å². The Morgan fingerprint density at radius 1 is 1.15 bits per heavy atom. The Morgan fingerprint density at radius 3 is 2.65 bits per heavy atom. The number of nitrogens with zero attached hydrogens (tertiary/aromatic N) is 1. The van der Waals surface area contributed by atoms with Crippen molar-refractivity contribution in [2.75, 3.05) is 11.9 Å². The van der Waals surface area contributed by atoms with E-state index in [0.29, 0.717) is 17.4 Å². The van der Waals surface area contributed by atoms with Crippen molar-refractivity contribution in [3.63, 3.8) is 0 Å². The number of aromatic nitrogens is 1. The number of rotatable bonds is 6. The van der Waals surface area contributed by atoms with Gasteiger partial charge in [0, 0.05) is 16.1 Å². The van der Waals surface area contributed by atoms with Gasteiger partial charge in [0.05, 0.1) is 24.0 Å². The van der Waals surface area contributed by atoms with Crippen LogP contribution in [0, 0.1) is 0 Å². The quantitative estimate of drug-likeness (QED) is 0.621. The number of carbonyl (C=O) groups is 1. The van der Waals surface area contributed by atoms with Crippen molar-refractivity contribution in [3.05, 3.63) is 59.8 Å². The standard InChI is InChI=1S/C20H19ClN2O3/c1-3-25-20(24)13(2)26-18-8-6-16(7-9-18)23-17-10-14-4-5-15(21)11-19(14)22-12-17/h4-13,23H,3H2,1-2H3. The molecule has 2 aromatic carbocycles. The largest absolute Gasteiger partial charge is 0.479 e. The molecule has 1 N–H and O–H groups in total. The Morgan fingerprint density at radius 2 is 1.92 bits per heavy atom. The molecule has 1 heterocycles. The van der Waals surface area contributed by atoms with Crippen molar-refractivity contribution in [3.8, 4) is 5.75 Å². The molecular formula is C20H19ClN2O3. The SMILES string of the molecule is CCOC(=O)C(C)Oc1ccc(Nc2cnc3cc(Cl)ccc3c2)cc1. The zero-order valence-corrected chi connectivity index (χ0v) is 15.3. The molecule has 0 aliphatic rings. The maximum atomic E-state index is 11.6. The Kier molecular flexibility index (Phi) is 5.58. The number of carbonyl (C=O) groups excluding carboxylic acids is 1. The lowest BCUT2D eigenvalue weighted by Crippen LogP contribution is -2.25. The molecule has 134 valence electrons. The normalized spacial score (nSPS) is 11.8. The van der Waals surface area contributed by atoms with Crippen molar-refractivity contribution < 1.29 is 14.3 Å². The maximum absolute atomic E-state index is 11.6. The third-order valence-corrected chi connectivity index (χ3v) is 3.96. The van der Waals surface area contributed by atoms with Gasteiger partial charge >= 0.3 is 5.97 Å². The van der Waals surface area contributed by atoms with Gasteiger partial charge in [0.2, 0.25) is 0 Å². The molecule has 0 aliphatic carbocycles. The van der Waals surface area contributed by atoms with E-state index in [4.69, 9.17) is 21.1 Å². The summed E-state index contributed by atoms with van der Waals surface area (Å²) in [6.45, 7) is 3.76. The number of hydrogen-bond acceptors (Lipinski definition) is 5. The number of ether oxygens (including phenoxy) is 2. The van der Waals surface area contributed by atoms with E-state index < -0.39 is 6.10 Å². The molecule has 1 atom stereocenters. The van der Waals surface area contributed by atoms with Gasteiger partial charge in [0.15, 0.2) is 6.10 Å². The maximum Gasteiger partial charge on any atom is 0.347 e. The molecule has 0 aliphatic heterocycles. The van der Waals surface area contributed by atoms with Gasteiger partial charge in [-0.05, 0) is 56.3 Å². The van der Waals surface area contributed by atoms with Crippen LogP contribution in [0.5, 0.6) is 5.75 Å². The van der Waals surface area contributed by atoms with Gasteiger partial charge in [-0.3, -0.25) is 4.98 Å². The van der Waals surface area contributed by atoms with Crippen molar-refractivity contribution in [2.45, 2.75) is 20.0 Å². The molecule has 26 heavy (non-hydrogen) atoms. The van der Waals surface area contributed by atoms with Gasteiger partial charge in [-0.15, -0.1) is 0 Å². The van der Waals surface area contributed by atoms with Gasteiger partial charge in [-0.25, -0.2) is 4.79 Å². The highest BCUT2D eigenvalue weighted by Gasteiger charge is 2.15. The van der Waals surface area contributed by atoms with E-state index in [1.807, 2.05) is 36.4 Å². The molecule has 1 aromatic heterocycles. The average Bonchev–Trinajstić information content (AvgIpc) is 2.63. The molecule has 1 unspecified atom stereocenters. The second-order valence-electron chi connectivity index (χ2n) is 5.72. The fraction of sp³-hybridized carbons (Fsp3) is 0.200. The van der Waals surface area contributed by atoms with Crippen molar-refractivity contribution in [1.82, 2.24) is 4.98 Å². The summed E-state index contributed by atoms with van der Waals surface area (Å²) < 4.78 is 10.5. The molecule has 0 fully saturated rings. The Bertz CT molecular complexity index is 913. The van der Waals surface area contributed by atoms with Crippen molar-refractivity contribution in [1.29, 1.82) is 0 Å². The average molecular weight is 371 g/mol. The van der Waals surface area contributed by atoms with Crippen molar-refractivity contribution >= 4 is 39.8 Å². The monoisotopic (exact) mass is 370 g/mol. The summed E-state index contributed by atoms with van der Waals surface area (Å²) in [5.74, 6) is 0.222. The first kappa shape index (κ1) is 18.0. The van der Waals surface area contributed by atoms with Crippen LogP contribution in [0.2, 0.25) is 5.02 Å². The number of benzene rings is 2. The fourth-order valence-electron chi connectivity index (χ4n) is 2.46. The number of nitrogens with one attached hydrogen (secondary N) is 1. The van der Waals surface area contributed by atoms with E-state index in [9.17, 15) is 4.79 Å². The van der Waals surface area contributed by atoms with Crippen LogP contribution in [-0.4, -0.2) is 23.7 Å². The molecule has 3 aromatic rings. The van der Waals surface area contributed by atoms with Crippen LogP contribution in [0.3, 0.4) is 0 Å². The minimum absolute atomic E-state index is 0.335. The summed E-state index contributed by atoms with van der Waals surface area (Å²) in [5.41, 5.74) is 2.60. The minimum atomic E-state index is -0.648. The topological polar surface area (TPSA) is 60.5 Å². The summed E-state index contributed by atoms with van der Waals surface area (Å²) in [4.78, 5) is 16.0. The van der Waals surface area contributed by atoms with E-state index in [0.717, 1.165) is 22.3 Å². The Balaban J connectivity index is 1.67. The van der Waals surface area contributed by atoms with Crippen molar-refractivity contribution in [2.24, 2.45) is 0 Å². The Hall–Kier alpha value is -2.79. The van der Waals surface area contributed by atoms with Gasteiger partial charge < -0.3 is 14.8 Å². The van der Waals surface area contributed by atoms with Gasteiger partial charge in [-0.2, -0.15) is 0 Å². The molecule has 0 bridgehead atoms. The number of hydrogen-bond donors (Lipinski definition) is 1. The summed E-state index contributed by atoms with van der Waals surface area (Å²) >= 11 is 5.98. The number of anilines is 2. The molecule has 3 rings (SSSR count). The molecule has 0 saturated carbocycles. The molecule has 6 heteroatoms. The number of fused-ring (bicyclic) bond motifs is 1. The summed E-state index contributed by atoms with van der Waals surface area (Å²) in [7, 11) is 0. The second kappa shape index (κ2) is 8.06. The number of pyridine rings is 1. The molecule has 0 radical (unpaired) electrons. The highest BCUT2D eigenvalue weighted by molar-refractivity contribution is 6.31. The predicted octanol–water partition coefficient (Wildman–Crippen LogP) is 4.96. The minimum Gasteiger partial charge on any atom is -0.479 e. The first-order valence-corrected chi connectivity index (χ1v) is 8.68. The third-order valence-electron chi connectivity index (χ3n) is 3.72. The van der Waals surface area contributed by atoms with E-state index in [-0.39, 0.29) is 5.97 Å². The van der Waals surface area contributed by atoms with E-state index in [1.165, 1.54) is 0 Å². The smallest absolute Gasteiger partial charge is 0.347 e. The summed E-state index contributed by atoms with van der Waals surface area (Å²) in [5, 5.41) is 4.96. The summed E-state index contributed by atoms with van der Waals surface area (Å²) in [6.07, 6.45) is 1.11. The molecule has 0 saturated heterocycles. The Labute approximate surface area is 156 Å². The van der Waals surface area contributed by atoms with Crippen LogP contribution >= 0.6 is 11.6 Å². The highest BCUT2D eigenvalue weighted by Crippen LogP contribution is 2.24. The van der Waals surface area contributed by atoms with Crippen LogP contribution in [0.15, 0.2) is 54.7 Å². The number of esters is 1. The van der Waals surface area contributed by atoms with Crippen LogP contribution < -0.4 is 10.1 Å². The van der Waals surface area contributed by atoms with Gasteiger partial charge in [-0.1, -0.05) is 17.7 Å². The van der Waals surface area contributed by atoms with E-state index in [2.05, 4.69) is 10.3 Å². The van der Waals surface area contributed by atoms with E-state index in [1.54, 1.807) is 32.2 Å². The second-order valence-corrected chi connectivity index (χ2v) is 6.16. The molecule has 0 amide bonds. The first-order valence-electron chi connectivity index (χ1n) is 8.31. The van der Waals surface area contributed by atoms with Crippen LogP contribution in [0.25, 0.3) is 10.9 Å². The summed E-state index contributed by atoms with van der Waals surface area (Å²) in [6, 6.07) is 15.0. The lowest BCUT2D eigenvalue weighted by molar-refractivity contribution is -0.150. The molecule has 0 spiro atoms. The van der Waals surface area contributed by atoms with Crippen LogP contribution in [0.4, 0.5) is 11.4 Å². The zero-order chi connectivity index (χ0) is 18.5. The molecular weight excluding hydrogens is 352 g/mol. The third kappa shape index (κ3) is 4.43. The van der Waals surface area contributed by atoms with Crippen LogP contribution in [-0.2, 0) is 9.53 Å². The highest BCUT2D eigenvalue weighted by atomic mass is 35.5. The zero-order valence-electron chi connectivity index (χ0n) is 14.5. The predicted molar refractivity (Wildman–Crippen MR) is 103 cm³/mol. The van der Waals surface area contributed by atoms with Gasteiger partial charge in [0.25, 0.3) is 0 Å².